The Hall–Kier alpha value is -3.42. The quantitative estimate of drug-likeness (QED) is 0.194. The number of benzene rings is 3. The number of rotatable bonds is 9. The number of halogens is 2. The minimum Gasteiger partial charge on any atom is -0.496 e. The van der Waals surface area contributed by atoms with Crippen LogP contribution in [0.5, 0.6) is 17.2 Å². The fourth-order valence-electron chi connectivity index (χ4n) is 3.04. The molecule has 3 aromatic carbocycles. The maximum absolute atomic E-state index is 12.8. The van der Waals surface area contributed by atoms with Gasteiger partial charge in [-0.2, -0.15) is 13.5 Å². The van der Waals surface area contributed by atoms with Crippen LogP contribution >= 0.6 is 31.9 Å². The van der Waals surface area contributed by atoms with Crippen molar-refractivity contribution in [3.63, 3.8) is 0 Å². The third-order valence-electron chi connectivity index (χ3n) is 4.69. The van der Waals surface area contributed by atoms with Gasteiger partial charge in [0.2, 0.25) is 5.91 Å². The summed E-state index contributed by atoms with van der Waals surface area (Å²) in [4.78, 5) is 23.6. The van der Waals surface area contributed by atoms with Gasteiger partial charge < -0.3 is 19.0 Å². The van der Waals surface area contributed by atoms with Crippen LogP contribution in [0.25, 0.3) is 0 Å². The van der Waals surface area contributed by atoms with Gasteiger partial charge in [-0.3, -0.25) is 9.59 Å². The Balaban J connectivity index is 1.78. The van der Waals surface area contributed by atoms with E-state index >= 15 is 0 Å². The molecule has 0 aromatic heterocycles. The van der Waals surface area contributed by atoms with Crippen molar-refractivity contribution >= 4 is 65.7 Å². The van der Waals surface area contributed by atoms with Gasteiger partial charge in [-0.15, -0.1) is 0 Å². The van der Waals surface area contributed by atoms with Gasteiger partial charge in [-0.25, -0.2) is 5.43 Å². The van der Waals surface area contributed by atoms with Gasteiger partial charge in [0.15, 0.2) is 11.5 Å². The molecule has 0 heterocycles. The van der Waals surface area contributed by atoms with Gasteiger partial charge in [0.1, 0.15) is 10.6 Å². The molecule has 10 nitrogen and oxygen atoms in total. The summed E-state index contributed by atoms with van der Waals surface area (Å²) in [5, 5.41) is 6.52. The number of ether oxygens (including phenoxy) is 2. The van der Waals surface area contributed by atoms with Crippen LogP contribution in [0.2, 0.25) is 0 Å². The zero-order valence-corrected chi connectivity index (χ0v) is 23.7. The van der Waals surface area contributed by atoms with E-state index in [9.17, 15) is 18.0 Å². The van der Waals surface area contributed by atoms with Crippen LogP contribution in [0, 0.1) is 0 Å². The molecule has 0 unspecified atom stereocenters. The first-order valence-corrected chi connectivity index (χ1v) is 13.4. The van der Waals surface area contributed by atoms with Crippen molar-refractivity contribution in [3.8, 4) is 17.2 Å². The number of methoxy groups -OCH3 is 2. The smallest absolute Gasteiger partial charge is 0.339 e. The lowest BCUT2D eigenvalue weighted by Crippen LogP contribution is -2.18. The molecular formula is C24H21Br2N3O7S. The second kappa shape index (κ2) is 12.2. The number of nitrogens with one attached hydrogen (secondary N) is 2. The largest absolute Gasteiger partial charge is 0.496 e. The van der Waals surface area contributed by atoms with Crippen molar-refractivity contribution in [1.82, 2.24) is 5.43 Å². The van der Waals surface area contributed by atoms with Crippen LogP contribution in [-0.4, -0.2) is 40.7 Å². The fraction of sp³-hybridized carbons (Fsp3) is 0.125. The first kappa shape index (κ1) is 28.2. The molecule has 2 N–H and O–H groups in total. The average Bonchev–Trinajstić information content (AvgIpc) is 2.85. The number of carbonyl (C=O) groups is 2. The van der Waals surface area contributed by atoms with E-state index in [4.69, 9.17) is 13.7 Å². The highest BCUT2D eigenvalue weighted by atomic mass is 79.9. The number of hydrogen-bond donors (Lipinski definition) is 2. The lowest BCUT2D eigenvalue weighted by molar-refractivity contribution is -0.114. The van der Waals surface area contributed by atoms with Crippen LogP contribution in [0.4, 0.5) is 5.69 Å². The summed E-state index contributed by atoms with van der Waals surface area (Å²) in [5.74, 6) is -0.358. The van der Waals surface area contributed by atoms with Gasteiger partial charge in [0, 0.05) is 17.1 Å². The van der Waals surface area contributed by atoms with Crippen molar-refractivity contribution in [2.75, 3.05) is 19.5 Å². The molecule has 2 amide bonds. The van der Waals surface area contributed by atoms with E-state index in [1.54, 1.807) is 24.3 Å². The van der Waals surface area contributed by atoms with Crippen LogP contribution in [0.15, 0.2) is 73.5 Å². The van der Waals surface area contributed by atoms with Gasteiger partial charge in [0.05, 0.1) is 30.5 Å². The molecule has 37 heavy (non-hydrogen) atoms. The lowest BCUT2D eigenvalue weighted by atomic mass is 10.2. The van der Waals surface area contributed by atoms with Crippen molar-refractivity contribution in [2.45, 2.75) is 11.8 Å². The second-order valence-corrected chi connectivity index (χ2v) is 10.6. The Kier molecular flexibility index (Phi) is 9.29. The van der Waals surface area contributed by atoms with E-state index in [1.165, 1.54) is 57.7 Å². The summed E-state index contributed by atoms with van der Waals surface area (Å²) in [6.45, 7) is 1.35. The predicted octanol–water partition coefficient (Wildman–Crippen LogP) is 4.72. The number of anilines is 1. The van der Waals surface area contributed by atoms with Crippen LogP contribution in [0.1, 0.15) is 22.8 Å². The molecule has 0 spiro atoms. The zero-order valence-electron chi connectivity index (χ0n) is 19.7. The Morgan fingerprint density at radius 3 is 2.24 bits per heavy atom. The van der Waals surface area contributed by atoms with E-state index in [2.05, 4.69) is 47.7 Å². The number of hydrogen-bond acceptors (Lipinski definition) is 8. The molecule has 13 heteroatoms. The van der Waals surface area contributed by atoms with E-state index < -0.39 is 16.0 Å². The van der Waals surface area contributed by atoms with Crippen molar-refractivity contribution in [2.24, 2.45) is 5.10 Å². The molecule has 0 atom stereocenters. The van der Waals surface area contributed by atoms with Crippen molar-refractivity contribution in [1.29, 1.82) is 0 Å². The van der Waals surface area contributed by atoms with E-state index in [-0.39, 0.29) is 32.3 Å². The maximum atomic E-state index is 12.8. The summed E-state index contributed by atoms with van der Waals surface area (Å²) in [6.07, 6.45) is 1.36. The summed E-state index contributed by atoms with van der Waals surface area (Å²) in [6, 6.07) is 13.5. The molecule has 0 fully saturated rings. The Morgan fingerprint density at radius 1 is 0.946 bits per heavy atom. The van der Waals surface area contributed by atoms with Gasteiger partial charge >= 0.3 is 10.1 Å². The highest BCUT2D eigenvalue weighted by molar-refractivity contribution is 9.10. The van der Waals surface area contributed by atoms with Crippen molar-refractivity contribution in [3.05, 3.63) is 74.7 Å². The zero-order chi connectivity index (χ0) is 27.2. The number of nitrogens with zero attached hydrogens (tertiary/aromatic N) is 1. The van der Waals surface area contributed by atoms with Crippen LogP contribution < -0.4 is 24.4 Å². The monoisotopic (exact) mass is 653 g/mol. The van der Waals surface area contributed by atoms with Crippen LogP contribution in [0.3, 0.4) is 0 Å². The summed E-state index contributed by atoms with van der Waals surface area (Å²) >= 11 is 6.61. The lowest BCUT2D eigenvalue weighted by Gasteiger charge is -2.13. The SMILES string of the molecule is COc1ccc(Br)cc1C(=O)N/N=C\c1cc(Br)c(OS(=O)(=O)c2ccc(NC(C)=O)cc2)c(OC)c1. The van der Waals surface area contributed by atoms with Crippen LogP contribution in [-0.2, 0) is 14.9 Å². The Morgan fingerprint density at radius 2 is 1.62 bits per heavy atom. The first-order valence-electron chi connectivity index (χ1n) is 10.4. The minimum atomic E-state index is -4.22. The third kappa shape index (κ3) is 7.31. The van der Waals surface area contributed by atoms with Gasteiger partial charge in [-0.05, 0) is 76.1 Å². The highest BCUT2D eigenvalue weighted by Gasteiger charge is 2.22. The normalized spacial score (nSPS) is 11.2. The topological polar surface area (TPSA) is 132 Å². The molecule has 0 aliphatic carbocycles. The molecule has 3 aromatic rings. The molecule has 3 rings (SSSR count). The molecule has 0 saturated carbocycles. The number of hydrazone groups is 1. The molecule has 0 bridgehead atoms. The van der Waals surface area contributed by atoms with Gasteiger partial charge in [0.25, 0.3) is 5.91 Å². The molecule has 0 radical (unpaired) electrons. The Bertz CT molecular complexity index is 1460. The van der Waals surface area contributed by atoms with Gasteiger partial charge in [-0.1, -0.05) is 15.9 Å². The Labute approximate surface area is 230 Å². The third-order valence-corrected chi connectivity index (χ3v) is 7.01. The average molecular weight is 655 g/mol. The van der Waals surface area contributed by atoms with E-state index in [0.717, 1.165) is 0 Å². The fourth-order valence-corrected chi connectivity index (χ4v) is 5.01. The standard InChI is InChI=1S/C24H21Br2N3O7S/c1-14(30)28-17-5-7-18(8-6-17)37(32,33)36-23-20(26)10-15(11-22(23)35-3)13-27-29-24(31)19-12-16(25)4-9-21(19)34-2/h4-13H,1-3H3,(H,28,30)(H,29,31)/b27-13-. The highest BCUT2D eigenvalue weighted by Crippen LogP contribution is 2.38. The molecular weight excluding hydrogens is 634 g/mol. The van der Waals surface area contributed by atoms with Crippen molar-refractivity contribution < 1.29 is 31.7 Å². The maximum Gasteiger partial charge on any atom is 0.339 e. The molecule has 0 aliphatic rings. The van der Waals surface area contributed by atoms with E-state index in [1.807, 2.05) is 0 Å². The summed E-state index contributed by atoms with van der Waals surface area (Å²) in [7, 11) is -1.42. The number of amides is 2. The minimum absolute atomic E-state index is 0.0755. The second-order valence-electron chi connectivity index (χ2n) is 7.32. The van der Waals surface area contributed by atoms with E-state index in [0.29, 0.717) is 21.5 Å². The first-order chi connectivity index (χ1) is 17.5. The summed E-state index contributed by atoms with van der Waals surface area (Å²) in [5.41, 5.74) is 3.63. The predicted molar refractivity (Wildman–Crippen MR) is 145 cm³/mol. The molecule has 0 aliphatic heterocycles. The molecule has 194 valence electrons. The number of carbonyl (C=O) groups excluding carboxylic acids is 2. The summed E-state index contributed by atoms with van der Waals surface area (Å²) < 4.78 is 42.5. The molecule has 0 saturated heterocycles.